The first-order valence-corrected chi connectivity index (χ1v) is 24.4. The van der Waals surface area contributed by atoms with E-state index >= 15 is 0 Å². The van der Waals surface area contributed by atoms with Gasteiger partial charge in [0.1, 0.15) is 0 Å². The molecule has 0 aromatic heterocycles. The lowest BCUT2D eigenvalue weighted by atomic mass is 9.32. The molecule has 0 bridgehead atoms. The highest BCUT2D eigenvalue weighted by Crippen LogP contribution is 2.50. The van der Waals surface area contributed by atoms with E-state index in [9.17, 15) is 0 Å². The third-order valence-corrected chi connectivity index (χ3v) is 14.8. The molecule has 0 aliphatic carbocycles. The zero-order valence-electron chi connectivity index (χ0n) is 41.6. The third-order valence-electron chi connectivity index (χ3n) is 14.8. The van der Waals surface area contributed by atoms with Gasteiger partial charge in [-0.3, -0.25) is 0 Å². The Morgan fingerprint density at radius 2 is 0.672 bits per heavy atom. The van der Waals surface area contributed by atoms with Crippen LogP contribution in [0.3, 0.4) is 0 Å². The molecule has 9 aromatic rings. The van der Waals surface area contributed by atoms with Gasteiger partial charge in [-0.2, -0.15) is 0 Å². The summed E-state index contributed by atoms with van der Waals surface area (Å²) in [4.78, 5) is 5.30. The molecule has 2 aliphatic rings. The highest BCUT2D eigenvalue weighted by atomic mass is 15.2. The van der Waals surface area contributed by atoms with Crippen molar-refractivity contribution in [1.82, 2.24) is 0 Å². The standard InChI is InChI=1S/C64H63BN2/c1-61(2,3)44-34-45(62(4,5)6)37-48(36-44)66-54-30-28-41-21-14-17-25-52(41)58(54)65-59-53-26-18-15-22-42(53)29-31-55(59)67(49-38-46(63(7,8)9)35-47(39-49)64(10,11)12)57-33-43(32-56(66)60(57)65)51-27-19-23-40-20-13-16-24-50(40)51/h13-39H,1-12H3. The molecule has 0 saturated heterocycles. The Balaban J connectivity index is 1.36. The molecular weight excluding hydrogens is 808 g/mol. The molecule has 11 rings (SSSR count). The maximum Gasteiger partial charge on any atom is 0.253 e. The molecule has 0 radical (unpaired) electrons. The van der Waals surface area contributed by atoms with Crippen molar-refractivity contribution in [2.75, 3.05) is 9.80 Å². The predicted molar refractivity (Wildman–Crippen MR) is 293 cm³/mol. The molecule has 0 unspecified atom stereocenters. The van der Waals surface area contributed by atoms with Gasteiger partial charge in [0.05, 0.1) is 0 Å². The second-order valence-corrected chi connectivity index (χ2v) is 23.5. The van der Waals surface area contributed by atoms with Crippen molar-refractivity contribution in [2.45, 2.75) is 105 Å². The third kappa shape index (κ3) is 7.08. The fourth-order valence-electron chi connectivity index (χ4n) is 10.9. The van der Waals surface area contributed by atoms with Crippen molar-refractivity contribution in [3.05, 3.63) is 186 Å². The van der Waals surface area contributed by atoms with Gasteiger partial charge in [-0.15, -0.1) is 0 Å². The maximum atomic E-state index is 2.65. The fourth-order valence-corrected chi connectivity index (χ4v) is 10.9. The second-order valence-electron chi connectivity index (χ2n) is 23.5. The summed E-state index contributed by atoms with van der Waals surface area (Å²) in [7, 11) is 0. The van der Waals surface area contributed by atoms with Gasteiger partial charge in [0, 0.05) is 34.1 Å². The zero-order valence-corrected chi connectivity index (χ0v) is 41.6. The van der Waals surface area contributed by atoms with Gasteiger partial charge in [-0.25, -0.2) is 0 Å². The molecule has 3 heteroatoms. The Morgan fingerprint density at radius 1 is 0.313 bits per heavy atom. The molecule has 2 aliphatic heterocycles. The van der Waals surface area contributed by atoms with Crippen LogP contribution in [0, 0.1) is 0 Å². The van der Waals surface area contributed by atoms with Crippen LogP contribution >= 0.6 is 0 Å². The average Bonchev–Trinajstić information content (AvgIpc) is 3.29. The Morgan fingerprint density at radius 3 is 1.07 bits per heavy atom. The quantitative estimate of drug-likeness (QED) is 0.163. The molecule has 2 heterocycles. The smallest absolute Gasteiger partial charge is 0.253 e. The Kier molecular flexibility index (Phi) is 9.61. The predicted octanol–water partition coefficient (Wildman–Crippen LogP) is 16.1. The Bertz CT molecular complexity index is 3220. The van der Waals surface area contributed by atoms with Crippen molar-refractivity contribution in [2.24, 2.45) is 0 Å². The van der Waals surface area contributed by atoms with Crippen LogP contribution in [0.5, 0.6) is 0 Å². The van der Waals surface area contributed by atoms with E-state index in [1.54, 1.807) is 0 Å². The summed E-state index contributed by atoms with van der Waals surface area (Å²) in [6.45, 7) is 28.2. The van der Waals surface area contributed by atoms with Gasteiger partial charge in [0.25, 0.3) is 6.71 Å². The van der Waals surface area contributed by atoms with Gasteiger partial charge < -0.3 is 9.80 Å². The minimum absolute atomic E-state index is 0.0537. The normalized spacial score (nSPS) is 13.9. The number of fused-ring (bicyclic) bond motifs is 9. The summed E-state index contributed by atoms with van der Waals surface area (Å²) in [5, 5.41) is 7.61. The van der Waals surface area contributed by atoms with Crippen molar-refractivity contribution in [1.29, 1.82) is 0 Å². The number of anilines is 6. The van der Waals surface area contributed by atoms with E-state index < -0.39 is 0 Å². The number of nitrogens with zero attached hydrogens (tertiary/aromatic N) is 2. The summed E-state index contributed by atoms with van der Waals surface area (Å²) in [5.41, 5.74) is 18.9. The van der Waals surface area contributed by atoms with E-state index in [0.717, 1.165) is 0 Å². The molecule has 9 aromatic carbocycles. The molecular formula is C64H63BN2. The molecule has 0 amide bonds. The van der Waals surface area contributed by atoms with Crippen LogP contribution in [-0.2, 0) is 21.7 Å². The summed E-state index contributed by atoms with van der Waals surface area (Å²) >= 11 is 0. The summed E-state index contributed by atoms with van der Waals surface area (Å²) in [5.74, 6) is 0. The van der Waals surface area contributed by atoms with Crippen LogP contribution in [0.25, 0.3) is 43.4 Å². The molecule has 67 heavy (non-hydrogen) atoms. The van der Waals surface area contributed by atoms with Crippen LogP contribution in [-0.4, -0.2) is 6.71 Å². The molecule has 0 spiro atoms. The molecule has 0 atom stereocenters. The van der Waals surface area contributed by atoms with E-state index in [1.165, 1.54) is 116 Å². The highest BCUT2D eigenvalue weighted by Gasteiger charge is 2.46. The minimum atomic E-state index is -0.0672. The number of hydrogen-bond acceptors (Lipinski definition) is 2. The average molecular weight is 871 g/mol. The summed E-state index contributed by atoms with van der Waals surface area (Å²) < 4.78 is 0. The lowest BCUT2D eigenvalue weighted by molar-refractivity contribution is 0.568. The summed E-state index contributed by atoms with van der Waals surface area (Å²) in [6, 6.07) is 63.3. The van der Waals surface area contributed by atoms with Crippen LogP contribution in [0.4, 0.5) is 34.1 Å². The largest absolute Gasteiger partial charge is 0.311 e. The summed E-state index contributed by atoms with van der Waals surface area (Å²) in [6.07, 6.45) is 0. The fraction of sp³-hybridized carbons (Fsp3) is 0.250. The van der Waals surface area contributed by atoms with Crippen molar-refractivity contribution in [3.63, 3.8) is 0 Å². The van der Waals surface area contributed by atoms with Crippen molar-refractivity contribution < 1.29 is 0 Å². The lowest BCUT2D eigenvalue weighted by Gasteiger charge is -2.46. The monoisotopic (exact) mass is 871 g/mol. The van der Waals surface area contributed by atoms with Crippen LogP contribution < -0.4 is 26.2 Å². The first-order chi connectivity index (χ1) is 31.8. The molecule has 0 fully saturated rings. The minimum Gasteiger partial charge on any atom is -0.311 e. The number of rotatable bonds is 3. The van der Waals surface area contributed by atoms with Gasteiger partial charge in [-0.1, -0.05) is 198 Å². The van der Waals surface area contributed by atoms with Gasteiger partial charge in [0.2, 0.25) is 0 Å². The molecule has 2 nitrogen and oxygen atoms in total. The second kappa shape index (κ2) is 15.0. The number of benzene rings is 9. The van der Waals surface area contributed by atoms with Crippen LogP contribution in [0.2, 0.25) is 0 Å². The van der Waals surface area contributed by atoms with Gasteiger partial charge in [0.15, 0.2) is 0 Å². The number of hydrogen-bond donors (Lipinski definition) is 0. The first kappa shape index (κ1) is 43.0. The Labute approximate surface area is 399 Å². The molecule has 332 valence electrons. The van der Waals surface area contributed by atoms with E-state index in [0.29, 0.717) is 0 Å². The van der Waals surface area contributed by atoms with E-state index in [4.69, 9.17) is 0 Å². The van der Waals surface area contributed by atoms with Crippen molar-refractivity contribution >= 4 is 89.5 Å². The molecule has 0 N–H and O–H groups in total. The van der Waals surface area contributed by atoms with Crippen molar-refractivity contribution in [3.8, 4) is 11.1 Å². The lowest BCUT2D eigenvalue weighted by Crippen LogP contribution is -2.61. The first-order valence-electron chi connectivity index (χ1n) is 24.4. The van der Waals surface area contributed by atoms with Crippen LogP contribution in [0.1, 0.15) is 105 Å². The highest BCUT2D eigenvalue weighted by molar-refractivity contribution is 7.03. The topological polar surface area (TPSA) is 6.48 Å². The van der Waals surface area contributed by atoms with E-state index in [2.05, 4.69) is 257 Å². The van der Waals surface area contributed by atoms with E-state index in [-0.39, 0.29) is 28.4 Å². The molecule has 0 saturated carbocycles. The van der Waals surface area contributed by atoms with Crippen LogP contribution in [0.15, 0.2) is 164 Å². The maximum absolute atomic E-state index is 2.65. The zero-order chi connectivity index (χ0) is 46.9. The Hall–Kier alpha value is -6.58. The van der Waals surface area contributed by atoms with Gasteiger partial charge in [-0.05, 0) is 152 Å². The van der Waals surface area contributed by atoms with E-state index in [1.807, 2.05) is 0 Å². The SMILES string of the molecule is CC(C)(C)c1cc(N2c3cc(-c4cccc5ccccc45)cc4c3B(c3c2ccc2ccccc32)c2c(ccc3ccccc23)N4c2cc(C(C)(C)C)cc(C(C)(C)C)c2)cc(C(C)(C)C)c1. The van der Waals surface area contributed by atoms with Gasteiger partial charge >= 0.3 is 0 Å².